The molecule has 160 valence electrons. The Labute approximate surface area is 182 Å². The molecule has 30 heavy (non-hydrogen) atoms. The molecule has 2 aromatic rings. The number of hydrogen-bond donors (Lipinski definition) is 2. The van der Waals surface area contributed by atoms with Crippen molar-refractivity contribution < 1.29 is 14.6 Å². The summed E-state index contributed by atoms with van der Waals surface area (Å²) < 4.78 is 11.0. The highest BCUT2D eigenvalue weighted by atomic mass is 35.5. The van der Waals surface area contributed by atoms with E-state index in [4.69, 9.17) is 21.1 Å². The molecule has 2 aromatic carbocycles. The van der Waals surface area contributed by atoms with Gasteiger partial charge in [-0.3, -0.25) is 4.90 Å². The van der Waals surface area contributed by atoms with Crippen LogP contribution >= 0.6 is 11.6 Å². The van der Waals surface area contributed by atoms with Gasteiger partial charge in [0.2, 0.25) is 6.79 Å². The van der Waals surface area contributed by atoms with Crippen molar-refractivity contribution in [3.63, 3.8) is 0 Å². The maximum absolute atomic E-state index is 11.6. The summed E-state index contributed by atoms with van der Waals surface area (Å²) in [4.78, 5) is 2.63. The van der Waals surface area contributed by atoms with Crippen LogP contribution in [-0.2, 0) is 12.0 Å². The van der Waals surface area contributed by atoms with Crippen molar-refractivity contribution >= 4 is 11.6 Å². The van der Waals surface area contributed by atoms with Gasteiger partial charge in [-0.2, -0.15) is 0 Å². The molecule has 2 heterocycles. The molecule has 1 saturated carbocycles. The highest BCUT2D eigenvalue weighted by molar-refractivity contribution is 6.31. The average Bonchev–Trinajstić information content (AvgIpc) is 3.26. The van der Waals surface area contributed by atoms with Crippen molar-refractivity contribution in [3.8, 4) is 11.5 Å². The van der Waals surface area contributed by atoms with Crippen LogP contribution in [0.3, 0.4) is 0 Å². The molecule has 2 fully saturated rings. The number of rotatable bonds is 4. The van der Waals surface area contributed by atoms with Crippen molar-refractivity contribution in [1.82, 2.24) is 10.2 Å². The molecule has 3 aliphatic rings. The van der Waals surface area contributed by atoms with E-state index in [0.29, 0.717) is 0 Å². The van der Waals surface area contributed by atoms with Crippen LogP contribution in [0.2, 0.25) is 5.02 Å². The molecule has 0 radical (unpaired) electrons. The molecule has 0 bridgehead atoms. The third kappa shape index (κ3) is 3.69. The maximum Gasteiger partial charge on any atom is 0.231 e. The summed E-state index contributed by atoms with van der Waals surface area (Å²) in [7, 11) is 0. The first-order valence-corrected chi connectivity index (χ1v) is 11.3. The van der Waals surface area contributed by atoms with E-state index in [9.17, 15) is 5.11 Å². The number of piperazine rings is 1. The molecule has 1 saturated heterocycles. The second-order valence-corrected chi connectivity index (χ2v) is 9.24. The summed E-state index contributed by atoms with van der Waals surface area (Å²) in [5.74, 6) is 1.49. The molecule has 2 aliphatic heterocycles. The van der Waals surface area contributed by atoms with Crippen LogP contribution in [0, 0.1) is 0 Å². The van der Waals surface area contributed by atoms with Gasteiger partial charge in [0.05, 0.1) is 5.60 Å². The van der Waals surface area contributed by atoms with Crippen LogP contribution in [0.25, 0.3) is 0 Å². The minimum atomic E-state index is -0.834. The summed E-state index contributed by atoms with van der Waals surface area (Å²) in [6, 6.07) is 14.0. The molecular formula is C24H29ClN2O3. The predicted molar refractivity (Wildman–Crippen MR) is 117 cm³/mol. The number of fused-ring (bicyclic) bond motifs is 1. The van der Waals surface area contributed by atoms with Gasteiger partial charge in [0.1, 0.15) is 0 Å². The van der Waals surface area contributed by atoms with Gasteiger partial charge in [-0.1, -0.05) is 35.9 Å². The zero-order valence-corrected chi connectivity index (χ0v) is 18.0. The molecule has 0 amide bonds. The summed E-state index contributed by atoms with van der Waals surface area (Å²) in [5, 5.41) is 15.9. The lowest BCUT2D eigenvalue weighted by Gasteiger charge is -2.52. The van der Waals surface area contributed by atoms with Gasteiger partial charge in [0.25, 0.3) is 0 Å². The van der Waals surface area contributed by atoms with Crippen molar-refractivity contribution in [2.24, 2.45) is 0 Å². The lowest BCUT2D eigenvalue weighted by molar-refractivity contribution is -0.0628. The van der Waals surface area contributed by atoms with E-state index in [1.54, 1.807) is 0 Å². The highest BCUT2D eigenvalue weighted by Gasteiger charge is 2.46. The van der Waals surface area contributed by atoms with Gasteiger partial charge >= 0.3 is 0 Å². The fraction of sp³-hybridized carbons (Fsp3) is 0.500. The third-order valence-corrected chi connectivity index (χ3v) is 7.55. The van der Waals surface area contributed by atoms with E-state index in [1.807, 2.05) is 30.3 Å². The normalized spacial score (nSPS) is 29.1. The number of nitrogens with one attached hydrogen (secondary N) is 1. The van der Waals surface area contributed by atoms with E-state index in [0.717, 1.165) is 80.4 Å². The second kappa shape index (κ2) is 8.04. The van der Waals surface area contributed by atoms with Gasteiger partial charge in [0.15, 0.2) is 11.5 Å². The Morgan fingerprint density at radius 3 is 2.47 bits per heavy atom. The van der Waals surface area contributed by atoms with Crippen LogP contribution in [0.1, 0.15) is 36.8 Å². The standard InChI is InChI=1S/C24H29ClN2O3/c25-20-4-2-1-3-18(20)16-23(27-13-11-26-12-14-27)7-9-24(28,10-8-23)19-5-6-21-22(15-19)30-17-29-21/h1-6,15,26,28H,7-14,16-17H2. The minimum absolute atomic E-state index is 0.0235. The fourth-order valence-corrected chi connectivity index (χ4v) is 5.55. The Morgan fingerprint density at radius 1 is 0.967 bits per heavy atom. The van der Waals surface area contributed by atoms with E-state index in [1.165, 1.54) is 5.56 Å². The number of halogens is 1. The number of benzene rings is 2. The number of ether oxygens (including phenoxy) is 2. The van der Waals surface area contributed by atoms with E-state index >= 15 is 0 Å². The van der Waals surface area contributed by atoms with Crippen molar-refractivity contribution in [1.29, 1.82) is 0 Å². The van der Waals surface area contributed by atoms with Gasteiger partial charge in [-0.25, -0.2) is 0 Å². The quantitative estimate of drug-likeness (QED) is 0.777. The van der Waals surface area contributed by atoms with Crippen molar-refractivity contribution in [2.45, 2.75) is 43.2 Å². The van der Waals surface area contributed by atoms with Gasteiger partial charge < -0.3 is 19.9 Å². The first-order chi connectivity index (χ1) is 14.6. The molecule has 0 aromatic heterocycles. The summed E-state index contributed by atoms with van der Waals surface area (Å²) in [6.45, 7) is 4.34. The maximum atomic E-state index is 11.6. The number of nitrogens with zero attached hydrogens (tertiary/aromatic N) is 1. The fourth-order valence-electron chi connectivity index (χ4n) is 5.34. The lowest BCUT2D eigenvalue weighted by atomic mass is 9.68. The topological polar surface area (TPSA) is 54.0 Å². The summed E-state index contributed by atoms with van der Waals surface area (Å²) in [6.07, 6.45) is 4.23. The Bertz CT molecular complexity index is 905. The summed E-state index contributed by atoms with van der Waals surface area (Å²) in [5.41, 5.74) is 1.32. The van der Waals surface area contributed by atoms with E-state index < -0.39 is 5.60 Å². The zero-order valence-electron chi connectivity index (χ0n) is 17.2. The van der Waals surface area contributed by atoms with Crippen LogP contribution < -0.4 is 14.8 Å². The highest BCUT2D eigenvalue weighted by Crippen LogP contribution is 2.47. The van der Waals surface area contributed by atoms with Crippen molar-refractivity contribution in [3.05, 3.63) is 58.6 Å². The van der Waals surface area contributed by atoms with Crippen LogP contribution in [-0.4, -0.2) is 48.5 Å². The molecule has 0 atom stereocenters. The zero-order chi connectivity index (χ0) is 20.6. The molecule has 6 heteroatoms. The Morgan fingerprint density at radius 2 is 1.70 bits per heavy atom. The Kier molecular flexibility index (Phi) is 5.40. The summed E-state index contributed by atoms with van der Waals surface area (Å²) >= 11 is 6.54. The first-order valence-electron chi connectivity index (χ1n) is 10.9. The van der Waals surface area contributed by atoms with E-state index in [2.05, 4.69) is 22.3 Å². The SMILES string of the molecule is OC1(c2ccc3c(c2)OCO3)CCC(Cc2ccccc2Cl)(N2CCNCC2)CC1. The lowest BCUT2D eigenvalue weighted by Crippen LogP contribution is -2.59. The minimum Gasteiger partial charge on any atom is -0.454 e. The Balaban J connectivity index is 1.40. The number of hydrogen-bond acceptors (Lipinski definition) is 5. The molecule has 5 nitrogen and oxygen atoms in total. The predicted octanol–water partition coefficient (Wildman–Crippen LogP) is 3.72. The van der Waals surface area contributed by atoms with E-state index in [-0.39, 0.29) is 12.3 Å². The van der Waals surface area contributed by atoms with Crippen LogP contribution in [0.4, 0.5) is 0 Å². The molecular weight excluding hydrogens is 400 g/mol. The largest absolute Gasteiger partial charge is 0.454 e. The average molecular weight is 429 g/mol. The monoisotopic (exact) mass is 428 g/mol. The number of aliphatic hydroxyl groups is 1. The molecule has 0 spiro atoms. The third-order valence-electron chi connectivity index (χ3n) is 7.18. The van der Waals surface area contributed by atoms with Crippen molar-refractivity contribution in [2.75, 3.05) is 33.0 Å². The Hall–Kier alpha value is -1.79. The molecule has 1 aliphatic carbocycles. The van der Waals surface area contributed by atoms with Crippen LogP contribution in [0.5, 0.6) is 11.5 Å². The molecule has 2 N–H and O–H groups in total. The second-order valence-electron chi connectivity index (χ2n) is 8.83. The van der Waals surface area contributed by atoms with Gasteiger partial charge in [-0.05, 0) is 61.4 Å². The first kappa shape index (κ1) is 20.1. The molecule has 5 rings (SSSR count). The van der Waals surface area contributed by atoms with Gasteiger partial charge in [0, 0.05) is 36.7 Å². The molecule has 0 unspecified atom stereocenters. The van der Waals surface area contributed by atoms with Crippen LogP contribution in [0.15, 0.2) is 42.5 Å². The smallest absolute Gasteiger partial charge is 0.231 e. The van der Waals surface area contributed by atoms with Gasteiger partial charge in [-0.15, -0.1) is 0 Å².